The summed E-state index contributed by atoms with van der Waals surface area (Å²) in [6.45, 7) is 5.26. The van der Waals surface area contributed by atoms with Gasteiger partial charge < -0.3 is 5.32 Å². The maximum atomic E-state index is 5.67. The van der Waals surface area contributed by atoms with E-state index in [1.807, 2.05) is 11.3 Å². The number of hydrogen-bond acceptors (Lipinski definition) is 2. The smallest absolute Gasteiger partial charge is 0.0310 e. The van der Waals surface area contributed by atoms with Crippen molar-refractivity contribution in [1.29, 1.82) is 0 Å². The van der Waals surface area contributed by atoms with Crippen molar-refractivity contribution in [1.82, 2.24) is 5.32 Å². The van der Waals surface area contributed by atoms with Gasteiger partial charge in [-0.15, -0.1) is 11.3 Å². The number of fused-ring (bicyclic) bond motifs is 1. The molecule has 0 aliphatic heterocycles. The van der Waals surface area contributed by atoms with Gasteiger partial charge in [-0.25, -0.2) is 0 Å². The van der Waals surface area contributed by atoms with Crippen molar-refractivity contribution in [2.75, 3.05) is 6.54 Å². The van der Waals surface area contributed by atoms with E-state index in [0.29, 0.717) is 11.6 Å². The fourth-order valence-electron chi connectivity index (χ4n) is 1.80. The highest BCUT2D eigenvalue weighted by Crippen LogP contribution is 2.30. The molecule has 0 atom stereocenters. The minimum Gasteiger partial charge on any atom is -0.307 e. The van der Waals surface area contributed by atoms with Gasteiger partial charge in [0.25, 0.3) is 0 Å². The number of rotatable bonds is 4. The zero-order valence-corrected chi connectivity index (χ0v) is 9.68. The van der Waals surface area contributed by atoms with Crippen LogP contribution in [0.5, 0.6) is 0 Å². The van der Waals surface area contributed by atoms with E-state index in [9.17, 15) is 0 Å². The van der Waals surface area contributed by atoms with Gasteiger partial charge in [-0.1, -0.05) is 18.2 Å². The quantitative estimate of drug-likeness (QED) is 0.834. The molecular weight excluding hydrogens is 214 g/mol. The normalized spacial score (nSPS) is 14.4. The summed E-state index contributed by atoms with van der Waals surface area (Å²) in [5.74, 6) is 0. The van der Waals surface area contributed by atoms with Crippen molar-refractivity contribution >= 4 is 22.9 Å². The molecule has 0 fully saturated rings. The van der Waals surface area contributed by atoms with Gasteiger partial charge in [0.15, 0.2) is 0 Å². The summed E-state index contributed by atoms with van der Waals surface area (Å²) in [7, 11) is 0. The van der Waals surface area contributed by atoms with Crippen molar-refractivity contribution in [2.24, 2.45) is 0 Å². The largest absolute Gasteiger partial charge is 0.307 e. The van der Waals surface area contributed by atoms with Crippen LogP contribution in [0.2, 0.25) is 0 Å². The van der Waals surface area contributed by atoms with Gasteiger partial charge in [-0.3, -0.25) is 0 Å². The van der Waals surface area contributed by atoms with Crippen molar-refractivity contribution in [3.05, 3.63) is 33.0 Å². The lowest BCUT2D eigenvalue weighted by Gasteiger charge is -2.00. The standard InChI is InChI=1S/C11H14ClNS/c1-8(12)6-13-7-10-5-9-3-2-4-11(9)14-10/h5,13H,1-4,6-7H2. The minimum absolute atomic E-state index is 0.675. The molecule has 1 aromatic heterocycles. The molecule has 0 bridgehead atoms. The number of halogens is 1. The van der Waals surface area contributed by atoms with Crippen LogP contribution in [0.25, 0.3) is 0 Å². The van der Waals surface area contributed by atoms with Crippen LogP contribution >= 0.6 is 22.9 Å². The van der Waals surface area contributed by atoms with Crippen molar-refractivity contribution in [3.8, 4) is 0 Å². The third-order valence-electron chi connectivity index (χ3n) is 2.41. The van der Waals surface area contributed by atoms with E-state index >= 15 is 0 Å². The molecule has 2 rings (SSSR count). The highest BCUT2D eigenvalue weighted by atomic mass is 35.5. The van der Waals surface area contributed by atoms with Gasteiger partial charge in [-0.2, -0.15) is 0 Å². The van der Waals surface area contributed by atoms with E-state index in [0.717, 1.165) is 6.54 Å². The van der Waals surface area contributed by atoms with Crippen molar-refractivity contribution in [3.63, 3.8) is 0 Å². The van der Waals surface area contributed by atoms with Crippen molar-refractivity contribution < 1.29 is 0 Å². The van der Waals surface area contributed by atoms with Gasteiger partial charge in [0, 0.05) is 27.9 Å². The lowest BCUT2D eigenvalue weighted by molar-refractivity contribution is 0.764. The first-order chi connectivity index (χ1) is 6.75. The highest BCUT2D eigenvalue weighted by Gasteiger charge is 2.14. The maximum absolute atomic E-state index is 5.67. The van der Waals surface area contributed by atoms with Crippen LogP contribution in [0.15, 0.2) is 17.7 Å². The summed E-state index contributed by atoms with van der Waals surface area (Å²) in [4.78, 5) is 3.01. The van der Waals surface area contributed by atoms with Gasteiger partial charge in [0.1, 0.15) is 0 Å². The summed E-state index contributed by atoms with van der Waals surface area (Å²) >= 11 is 7.60. The molecule has 0 unspecified atom stereocenters. The summed E-state index contributed by atoms with van der Waals surface area (Å²) in [6.07, 6.45) is 3.89. The second-order valence-corrected chi connectivity index (χ2v) is 5.39. The van der Waals surface area contributed by atoms with Gasteiger partial charge in [-0.05, 0) is 30.9 Å². The average Bonchev–Trinajstić information content (AvgIpc) is 2.62. The number of thiophene rings is 1. The van der Waals surface area contributed by atoms with E-state index in [1.54, 1.807) is 10.4 Å². The molecule has 1 aliphatic rings. The van der Waals surface area contributed by atoms with Crippen molar-refractivity contribution in [2.45, 2.75) is 25.8 Å². The van der Waals surface area contributed by atoms with Crippen LogP contribution in [-0.4, -0.2) is 6.54 Å². The fraction of sp³-hybridized carbons (Fsp3) is 0.455. The van der Waals surface area contributed by atoms with E-state index in [-0.39, 0.29) is 0 Å². The Labute approximate surface area is 93.8 Å². The molecule has 1 heterocycles. The molecule has 1 aromatic rings. The molecule has 0 aromatic carbocycles. The predicted molar refractivity (Wildman–Crippen MR) is 63.0 cm³/mol. The van der Waals surface area contributed by atoms with E-state index in [4.69, 9.17) is 11.6 Å². The van der Waals surface area contributed by atoms with Gasteiger partial charge >= 0.3 is 0 Å². The SMILES string of the molecule is C=C(Cl)CNCc1cc2c(s1)CCC2. The summed E-state index contributed by atoms with van der Waals surface area (Å²) in [5, 5.41) is 3.94. The van der Waals surface area contributed by atoms with E-state index < -0.39 is 0 Å². The molecule has 0 amide bonds. The van der Waals surface area contributed by atoms with E-state index in [1.165, 1.54) is 24.1 Å². The molecule has 76 valence electrons. The van der Waals surface area contributed by atoms with Crippen LogP contribution in [0.1, 0.15) is 21.7 Å². The van der Waals surface area contributed by atoms with Crippen LogP contribution in [0.3, 0.4) is 0 Å². The van der Waals surface area contributed by atoms with E-state index in [2.05, 4.69) is 18.0 Å². The first kappa shape index (κ1) is 10.2. The molecule has 0 spiro atoms. The fourth-order valence-corrected chi connectivity index (χ4v) is 3.12. The zero-order valence-electron chi connectivity index (χ0n) is 8.11. The molecule has 14 heavy (non-hydrogen) atoms. The Kier molecular flexibility index (Phi) is 3.26. The summed E-state index contributed by atoms with van der Waals surface area (Å²) in [6, 6.07) is 2.33. The minimum atomic E-state index is 0.675. The molecule has 0 saturated heterocycles. The van der Waals surface area contributed by atoms with Crippen LogP contribution in [0.4, 0.5) is 0 Å². The molecule has 0 radical (unpaired) electrons. The lowest BCUT2D eigenvalue weighted by atomic mass is 10.2. The third-order valence-corrected chi connectivity index (χ3v) is 3.78. The maximum Gasteiger partial charge on any atom is 0.0310 e. The number of hydrogen-bond donors (Lipinski definition) is 1. The number of aryl methyl sites for hydroxylation is 2. The predicted octanol–water partition coefficient (Wildman–Crippen LogP) is 3.08. The Morgan fingerprint density at radius 3 is 3.14 bits per heavy atom. The topological polar surface area (TPSA) is 12.0 Å². The Bertz CT molecular complexity index is 322. The lowest BCUT2D eigenvalue weighted by Crippen LogP contribution is -2.13. The summed E-state index contributed by atoms with van der Waals surface area (Å²) in [5.41, 5.74) is 1.57. The second-order valence-electron chi connectivity index (χ2n) is 3.64. The molecule has 1 N–H and O–H groups in total. The monoisotopic (exact) mass is 227 g/mol. The Morgan fingerprint density at radius 2 is 2.43 bits per heavy atom. The molecule has 3 heteroatoms. The number of nitrogens with one attached hydrogen (secondary N) is 1. The Hall–Kier alpha value is -0.310. The highest BCUT2D eigenvalue weighted by molar-refractivity contribution is 7.12. The molecule has 0 saturated carbocycles. The van der Waals surface area contributed by atoms with Crippen LogP contribution in [0, 0.1) is 0 Å². The zero-order chi connectivity index (χ0) is 9.97. The molecular formula is C11H14ClNS. The average molecular weight is 228 g/mol. The van der Waals surface area contributed by atoms with Gasteiger partial charge in [0.2, 0.25) is 0 Å². The summed E-state index contributed by atoms with van der Waals surface area (Å²) < 4.78 is 0. The Morgan fingerprint density at radius 1 is 1.57 bits per heavy atom. The molecule has 1 aliphatic carbocycles. The van der Waals surface area contributed by atoms with Crippen LogP contribution < -0.4 is 5.32 Å². The second kappa shape index (κ2) is 4.47. The molecule has 1 nitrogen and oxygen atoms in total. The Balaban J connectivity index is 1.88. The third kappa shape index (κ3) is 2.38. The van der Waals surface area contributed by atoms with Gasteiger partial charge in [0.05, 0.1) is 0 Å². The first-order valence-electron chi connectivity index (χ1n) is 4.90. The first-order valence-corrected chi connectivity index (χ1v) is 6.09. The van der Waals surface area contributed by atoms with Crippen LogP contribution in [-0.2, 0) is 19.4 Å².